The van der Waals surface area contributed by atoms with E-state index in [1.165, 1.54) is 0 Å². The summed E-state index contributed by atoms with van der Waals surface area (Å²) in [5.74, 6) is 0. The van der Waals surface area contributed by atoms with Crippen molar-refractivity contribution >= 4 is 33.3 Å². The Morgan fingerprint density at radius 3 is 2.77 bits per heavy atom. The van der Waals surface area contributed by atoms with E-state index in [1.807, 2.05) is 76.0 Å². The maximum absolute atomic E-state index is 12.5. The second kappa shape index (κ2) is 8.64. The minimum atomic E-state index is -0.243. The highest BCUT2D eigenvalue weighted by atomic mass is 32.1. The molecule has 4 aromatic rings. The summed E-state index contributed by atoms with van der Waals surface area (Å²) in [5.41, 5.74) is 3.75. The lowest BCUT2D eigenvalue weighted by Gasteiger charge is -2.23. The average Bonchev–Trinajstić information content (AvgIpc) is 3.34. The first-order valence-corrected chi connectivity index (χ1v) is 10.5. The van der Waals surface area contributed by atoms with E-state index in [-0.39, 0.29) is 12.1 Å². The zero-order chi connectivity index (χ0) is 21.1. The van der Waals surface area contributed by atoms with Crippen LogP contribution in [0.15, 0.2) is 60.9 Å². The number of likely N-dealkylation sites (N-methyl/N-ethyl adjacent to an activating group) is 1. The Morgan fingerprint density at radius 2 is 2.03 bits per heavy atom. The first-order chi connectivity index (χ1) is 14.5. The second-order valence-corrected chi connectivity index (χ2v) is 8.36. The fourth-order valence-electron chi connectivity index (χ4n) is 3.30. The Hall–Kier alpha value is -3.23. The van der Waals surface area contributed by atoms with Crippen LogP contribution in [0.3, 0.4) is 0 Å². The largest absolute Gasteiger partial charge is 0.336 e. The zero-order valence-corrected chi connectivity index (χ0v) is 18.0. The van der Waals surface area contributed by atoms with Gasteiger partial charge in [0.25, 0.3) is 0 Å². The Labute approximate surface area is 179 Å². The summed E-state index contributed by atoms with van der Waals surface area (Å²) in [7, 11) is 5.85. The van der Waals surface area contributed by atoms with Gasteiger partial charge in [-0.25, -0.2) is 9.78 Å². The average molecular weight is 421 g/mol. The van der Waals surface area contributed by atoms with Gasteiger partial charge in [-0.1, -0.05) is 24.3 Å². The van der Waals surface area contributed by atoms with Gasteiger partial charge in [0.1, 0.15) is 5.01 Å². The van der Waals surface area contributed by atoms with Gasteiger partial charge >= 0.3 is 6.03 Å². The third kappa shape index (κ3) is 4.50. The number of nitrogens with one attached hydrogen (secondary N) is 2. The van der Waals surface area contributed by atoms with Gasteiger partial charge < -0.3 is 15.5 Å². The van der Waals surface area contributed by atoms with Crippen molar-refractivity contribution in [2.45, 2.75) is 6.04 Å². The lowest BCUT2D eigenvalue weighted by atomic mass is 10.1. The molecule has 8 heteroatoms. The Balaban J connectivity index is 1.42. The predicted molar refractivity (Wildman–Crippen MR) is 122 cm³/mol. The lowest BCUT2D eigenvalue weighted by Crippen LogP contribution is -2.36. The molecule has 0 aliphatic carbocycles. The quantitative estimate of drug-likeness (QED) is 0.492. The van der Waals surface area contributed by atoms with Crippen LogP contribution >= 0.6 is 11.3 Å². The number of urea groups is 1. The van der Waals surface area contributed by atoms with Crippen molar-refractivity contribution in [3.05, 3.63) is 66.5 Å². The number of para-hydroxylation sites is 1. The summed E-state index contributed by atoms with van der Waals surface area (Å²) >= 11 is 1.64. The number of aromatic nitrogens is 3. The van der Waals surface area contributed by atoms with Gasteiger partial charge in [-0.2, -0.15) is 5.10 Å². The summed E-state index contributed by atoms with van der Waals surface area (Å²) in [6.07, 6.45) is 3.79. The highest BCUT2D eigenvalue weighted by Crippen LogP contribution is 2.31. The molecule has 0 radical (unpaired) electrons. The van der Waals surface area contributed by atoms with Gasteiger partial charge in [-0.3, -0.25) is 4.68 Å². The predicted octanol–water partition coefficient (Wildman–Crippen LogP) is 4.12. The summed E-state index contributed by atoms with van der Waals surface area (Å²) in [6, 6.07) is 15.6. The van der Waals surface area contributed by atoms with Gasteiger partial charge in [0.05, 0.1) is 22.5 Å². The monoisotopic (exact) mass is 420 g/mol. The van der Waals surface area contributed by atoms with E-state index in [2.05, 4.69) is 26.7 Å². The minimum Gasteiger partial charge on any atom is -0.336 e. The second-order valence-electron chi connectivity index (χ2n) is 7.33. The topological polar surface area (TPSA) is 75.1 Å². The summed E-state index contributed by atoms with van der Waals surface area (Å²) in [5, 5.41) is 11.0. The number of thiazole rings is 1. The summed E-state index contributed by atoms with van der Waals surface area (Å²) in [6.45, 7) is 0.474. The molecule has 2 aromatic heterocycles. The molecule has 4 rings (SSSR count). The third-order valence-electron chi connectivity index (χ3n) is 4.85. The number of carbonyl (C=O) groups is 1. The molecule has 2 heterocycles. The standard InChI is InChI=1S/C22H24N6OS/c1-27(2)19(16-12-24-28(3)14-16)13-23-22(29)25-17-8-6-7-15(11-17)21-26-18-9-4-5-10-20(18)30-21/h4-12,14,19H,13H2,1-3H3,(H2,23,25,29). The molecule has 1 atom stereocenters. The first-order valence-electron chi connectivity index (χ1n) is 9.65. The van der Waals surface area contributed by atoms with Crippen molar-refractivity contribution in [2.24, 2.45) is 7.05 Å². The smallest absolute Gasteiger partial charge is 0.319 e. The Morgan fingerprint density at radius 1 is 1.20 bits per heavy atom. The molecule has 0 aliphatic heterocycles. The zero-order valence-electron chi connectivity index (χ0n) is 17.2. The lowest BCUT2D eigenvalue weighted by molar-refractivity contribution is 0.243. The molecule has 2 aromatic carbocycles. The van der Waals surface area contributed by atoms with Gasteiger partial charge in [0, 0.05) is 36.6 Å². The van der Waals surface area contributed by atoms with Crippen LogP contribution in [-0.2, 0) is 7.05 Å². The van der Waals surface area contributed by atoms with E-state index in [0.717, 1.165) is 32.0 Å². The van der Waals surface area contributed by atoms with Crippen molar-refractivity contribution in [3.8, 4) is 10.6 Å². The molecule has 0 bridgehead atoms. The van der Waals surface area contributed by atoms with Crippen LogP contribution in [0.1, 0.15) is 11.6 Å². The van der Waals surface area contributed by atoms with Crippen LogP contribution < -0.4 is 10.6 Å². The molecule has 154 valence electrons. The van der Waals surface area contributed by atoms with Gasteiger partial charge in [0.2, 0.25) is 0 Å². The highest BCUT2D eigenvalue weighted by Gasteiger charge is 2.17. The first kappa shape index (κ1) is 20.1. The number of fused-ring (bicyclic) bond motifs is 1. The number of hydrogen-bond acceptors (Lipinski definition) is 5. The molecule has 7 nitrogen and oxygen atoms in total. The molecule has 2 amide bonds. The van der Waals surface area contributed by atoms with Crippen molar-refractivity contribution in [2.75, 3.05) is 26.0 Å². The fourth-order valence-corrected chi connectivity index (χ4v) is 4.26. The molecule has 2 N–H and O–H groups in total. The number of benzene rings is 2. The van der Waals surface area contributed by atoms with Crippen molar-refractivity contribution in [1.29, 1.82) is 0 Å². The molecular formula is C22H24N6OS. The van der Waals surface area contributed by atoms with Crippen LogP contribution in [0.5, 0.6) is 0 Å². The number of hydrogen-bond donors (Lipinski definition) is 2. The van der Waals surface area contributed by atoms with Crippen molar-refractivity contribution in [3.63, 3.8) is 0 Å². The van der Waals surface area contributed by atoms with Crippen LogP contribution in [0.4, 0.5) is 10.5 Å². The van der Waals surface area contributed by atoms with E-state index in [0.29, 0.717) is 6.54 Å². The number of carbonyl (C=O) groups excluding carboxylic acids is 1. The van der Waals surface area contributed by atoms with Crippen molar-refractivity contribution in [1.82, 2.24) is 25.0 Å². The maximum Gasteiger partial charge on any atom is 0.319 e. The molecule has 0 fully saturated rings. The van der Waals surface area contributed by atoms with E-state index in [4.69, 9.17) is 4.98 Å². The Kier molecular flexibility index (Phi) is 5.78. The molecular weight excluding hydrogens is 396 g/mol. The van der Waals surface area contributed by atoms with E-state index < -0.39 is 0 Å². The van der Waals surface area contributed by atoms with E-state index in [9.17, 15) is 4.79 Å². The SMILES string of the molecule is CN(C)C(CNC(=O)Nc1cccc(-c2nc3ccccc3s2)c1)c1cnn(C)c1. The van der Waals surface area contributed by atoms with Gasteiger partial charge in [-0.05, 0) is 38.4 Å². The molecule has 0 saturated heterocycles. The fraction of sp³-hybridized carbons (Fsp3) is 0.227. The summed E-state index contributed by atoms with van der Waals surface area (Å²) < 4.78 is 2.91. The minimum absolute atomic E-state index is 0.0403. The summed E-state index contributed by atoms with van der Waals surface area (Å²) in [4.78, 5) is 19.2. The number of amides is 2. The van der Waals surface area contributed by atoms with E-state index in [1.54, 1.807) is 16.0 Å². The van der Waals surface area contributed by atoms with Gasteiger partial charge in [0.15, 0.2) is 0 Å². The molecule has 0 spiro atoms. The number of aryl methyl sites for hydroxylation is 1. The molecule has 0 saturated carbocycles. The van der Waals surface area contributed by atoms with Crippen LogP contribution in [0.2, 0.25) is 0 Å². The molecule has 30 heavy (non-hydrogen) atoms. The third-order valence-corrected chi connectivity index (χ3v) is 5.94. The normalized spacial score (nSPS) is 12.3. The van der Waals surface area contributed by atoms with Crippen LogP contribution in [-0.4, -0.2) is 46.3 Å². The number of nitrogens with zero attached hydrogens (tertiary/aromatic N) is 4. The molecule has 1 unspecified atom stereocenters. The Bertz CT molecular complexity index is 1130. The van der Waals surface area contributed by atoms with E-state index >= 15 is 0 Å². The highest BCUT2D eigenvalue weighted by molar-refractivity contribution is 7.21. The van der Waals surface area contributed by atoms with Crippen LogP contribution in [0, 0.1) is 0 Å². The van der Waals surface area contributed by atoms with Gasteiger partial charge in [-0.15, -0.1) is 11.3 Å². The molecule has 0 aliphatic rings. The number of rotatable bonds is 6. The maximum atomic E-state index is 12.5. The number of anilines is 1. The van der Waals surface area contributed by atoms with Crippen molar-refractivity contribution < 1.29 is 4.79 Å². The van der Waals surface area contributed by atoms with Crippen LogP contribution in [0.25, 0.3) is 20.8 Å².